The second-order valence-electron chi connectivity index (χ2n) is 5.48. The minimum atomic E-state index is -0.350. The topological polar surface area (TPSA) is 72.0 Å². The van der Waals surface area contributed by atoms with E-state index < -0.39 is 0 Å². The summed E-state index contributed by atoms with van der Waals surface area (Å²) < 4.78 is 5.26. The van der Waals surface area contributed by atoms with Crippen LogP contribution < -0.4 is 10.3 Å². The summed E-state index contributed by atoms with van der Waals surface area (Å²) in [6.45, 7) is 5.13. The number of aryl methyl sites for hydroxylation is 2. The van der Waals surface area contributed by atoms with Gasteiger partial charge in [0, 0.05) is 17.9 Å². The molecule has 5 nitrogen and oxygen atoms in total. The highest BCUT2D eigenvalue weighted by Gasteiger charge is 2.13. The van der Waals surface area contributed by atoms with E-state index in [2.05, 4.69) is 10.2 Å². The number of hydrogen-bond acceptors (Lipinski definition) is 4. The van der Waals surface area contributed by atoms with Crippen LogP contribution in [0.3, 0.4) is 0 Å². The number of nitrogens with zero attached hydrogens (tertiary/aromatic N) is 1. The molecule has 3 rings (SSSR count). The molecule has 23 heavy (non-hydrogen) atoms. The fourth-order valence-electron chi connectivity index (χ4n) is 2.73. The number of H-pyrrole nitrogens is 1. The molecule has 0 unspecified atom stereocenters. The maximum absolute atomic E-state index is 11.9. The minimum absolute atomic E-state index is 0.214. The van der Waals surface area contributed by atoms with Crippen LogP contribution in [0.5, 0.6) is 5.75 Å². The van der Waals surface area contributed by atoms with Crippen molar-refractivity contribution in [2.24, 2.45) is 0 Å². The highest BCUT2D eigenvalue weighted by atomic mass is 16.5. The van der Waals surface area contributed by atoms with E-state index in [-0.39, 0.29) is 11.5 Å². The Bertz CT molecular complexity index is 950. The van der Waals surface area contributed by atoms with Crippen molar-refractivity contribution < 1.29 is 9.53 Å². The third-order valence-electron chi connectivity index (χ3n) is 3.68. The monoisotopic (exact) mass is 308 g/mol. The van der Waals surface area contributed by atoms with Crippen LogP contribution in [0.25, 0.3) is 22.0 Å². The molecule has 0 spiro atoms. The molecule has 0 aliphatic carbocycles. The fraction of sp³-hybridized carbons (Fsp3) is 0.167. The molecule has 0 aliphatic heterocycles. The molecule has 1 aromatic heterocycles. The summed E-state index contributed by atoms with van der Waals surface area (Å²) in [7, 11) is 0. The Morgan fingerprint density at radius 2 is 1.70 bits per heavy atom. The molecule has 0 bridgehead atoms. The Morgan fingerprint density at radius 3 is 2.30 bits per heavy atom. The summed E-state index contributed by atoms with van der Waals surface area (Å²) in [6, 6.07) is 11.1. The third kappa shape index (κ3) is 2.73. The van der Waals surface area contributed by atoms with Gasteiger partial charge in [0.25, 0.3) is 5.56 Å². The average molecular weight is 308 g/mol. The molecule has 0 saturated heterocycles. The fourth-order valence-corrected chi connectivity index (χ4v) is 2.73. The smallest absolute Gasteiger partial charge is 0.308 e. The summed E-state index contributed by atoms with van der Waals surface area (Å²) in [4.78, 5) is 23.1. The molecule has 0 aliphatic rings. The lowest BCUT2D eigenvalue weighted by atomic mass is 10.00. The second-order valence-corrected chi connectivity index (χ2v) is 5.48. The zero-order valence-electron chi connectivity index (χ0n) is 13.1. The van der Waals surface area contributed by atoms with Crippen molar-refractivity contribution in [3.63, 3.8) is 0 Å². The van der Waals surface area contributed by atoms with E-state index in [1.807, 2.05) is 44.2 Å². The van der Waals surface area contributed by atoms with Crippen molar-refractivity contribution in [2.45, 2.75) is 20.8 Å². The lowest BCUT2D eigenvalue weighted by Crippen LogP contribution is -2.09. The number of fused-ring (bicyclic) bond motifs is 1. The first-order valence-electron chi connectivity index (χ1n) is 7.25. The van der Waals surface area contributed by atoms with Crippen LogP contribution in [0.1, 0.15) is 18.1 Å². The van der Waals surface area contributed by atoms with Crippen molar-refractivity contribution in [3.8, 4) is 17.0 Å². The van der Waals surface area contributed by atoms with Crippen LogP contribution in [0, 0.1) is 13.8 Å². The van der Waals surface area contributed by atoms with Gasteiger partial charge in [-0.25, -0.2) is 5.10 Å². The molecule has 0 radical (unpaired) electrons. The van der Waals surface area contributed by atoms with Gasteiger partial charge in [0.05, 0.1) is 11.1 Å². The van der Waals surface area contributed by atoms with E-state index in [1.54, 1.807) is 6.07 Å². The SMILES string of the molecule is CC(=O)Oc1c(C)cc(-c2n[nH]c(=O)c3ccccc23)cc1C. The van der Waals surface area contributed by atoms with Crippen molar-refractivity contribution in [3.05, 3.63) is 57.9 Å². The first-order valence-corrected chi connectivity index (χ1v) is 7.25. The maximum Gasteiger partial charge on any atom is 0.308 e. The predicted molar refractivity (Wildman–Crippen MR) is 88.6 cm³/mol. The van der Waals surface area contributed by atoms with Crippen LogP contribution in [-0.2, 0) is 4.79 Å². The highest BCUT2D eigenvalue weighted by molar-refractivity contribution is 5.94. The number of ether oxygens (including phenoxy) is 1. The number of aromatic amines is 1. The van der Waals surface area contributed by atoms with Gasteiger partial charge < -0.3 is 4.74 Å². The third-order valence-corrected chi connectivity index (χ3v) is 3.68. The van der Waals surface area contributed by atoms with Gasteiger partial charge in [-0.1, -0.05) is 18.2 Å². The lowest BCUT2D eigenvalue weighted by Gasteiger charge is -2.12. The first-order chi connectivity index (χ1) is 11.0. The molecule has 0 amide bonds. The Labute approximate surface area is 132 Å². The van der Waals surface area contributed by atoms with Crippen LogP contribution in [0.15, 0.2) is 41.2 Å². The van der Waals surface area contributed by atoms with Crippen LogP contribution in [0.2, 0.25) is 0 Å². The van der Waals surface area contributed by atoms with Crippen molar-refractivity contribution in [2.75, 3.05) is 0 Å². The molecule has 1 N–H and O–H groups in total. The van der Waals surface area contributed by atoms with E-state index in [0.29, 0.717) is 16.8 Å². The molecule has 0 fully saturated rings. The Morgan fingerprint density at radius 1 is 1.09 bits per heavy atom. The molecular formula is C18H16N2O3. The Kier molecular flexibility index (Phi) is 3.70. The number of rotatable bonds is 2. The first kappa shape index (κ1) is 15.0. The quantitative estimate of drug-likeness (QED) is 0.583. The van der Waals surface area contributed by atoms with Crippen LogP contribution in [0.4, 0.5) is 0 Å². The zero-order valence-corrected chi connectivity index (χ0v) is 13.1. The van der Waals surface area contributed by atoms with Crippen LogP contribution >= 0.6 is 0 Å². The lowest BCUT2D eigenvalue weighted by molar-refractivity contribution is -0.131. The maximum atomic E-state index is 11.9. The highest BCUT2D eigenvalue weighted by Crippen LogP contribution is 2.31. The number of esters is 1. The molecular weight excluding hydrogens is 292 g/mol. The predicted octanol–water partition coefficient (Wildman–Crippen LogP) is 3.13. The minimum Gasteiger partial charge on any atom is -0.426 e. The standard InChI is InChI=1S/C18H16N2O3/c1-10-8-13(9-11(2)17(10)23-12(3)21)16-14-6-4-5-7-15(14)18(22)20-19-16/h4-9H,1-3H3,(H,20,22). The van der Waals surface area contributed by atoms with Gasteiger partial charge in [0.15, 0.2) is 0 Å². The van der Waals surface area contributed by atoms with Crippen molar-refractivity contribution in [1.82, 2.24) is 10.2 Å². The molecule has 0 atom stereocenters. The van der Waals surface area contributed by atoms with E-state index in [1.165, 1.54) is 6.92 Å². The summed E-state index contributed by atoms with van der Waals surface area (Å²) in [5.74, 6) is 0.214. The zero-order chi connectivity index (χ0) is 16.6. The van der Waals surface area contributed by atoms with Gasteiger partial charge in [0.1, 0.15) is 5.75 Å². The number of nitrogens with one attached hydrogen (secondary N) is 1. The number of aromatic nitrogens is 2. The van der Waals surface area contributed by atoms with Gasteiger partial charge in [0.2, 0.25) is 0 Å². The van der Waals surface area contributed by atoms with E-state index >= 15 is 0 Å². The summed E-state index contributed by atoms with van der Waals surface area (Å²) in [6.07, 6.45) is 0. The van der Waals surface area contributed by atoms with Gasteiger partial charge in [-0.3, -0.25) is 9.59 Å². The molecule has 0 saturated carbocycles. The molecule has 3 aromatic rings. The van der Waals surface area contributed by atoms with Crippen LogP contribution in [-0.4, -0.2) is 16.2 Å². The summed E-state index contributed by atoms with van der Waals surface area (Å²) in [5.41, 5.74) is 3.03. The molecule has 1 heterocycles. The molecule has 116 valence electrons. The Balaban J connectivity index is 2.22. The van der Waals surface area contributed by atoms with E-state index in [4.69, 9.17) is 4.74 Å². The summed E-state index contributed by atoms with van der Waals surface area (Å²) >= 11 is 0. The number of carbonyl (C=O) groups is 1. The Hall–Kier alpha value is -2.95. The van der Waals surface area contributed by atoms with E-state index in [0.717, 1.165) is 22.1 Å². The number of benzene rings is 2. The summed E-state index contributed by atoms with van der Waals surface area (Å²) in [5, 5.41) is 8.12. The van der Waals surface area contributed by atoms with Gasteiger partial charge >= 0.3 is 5.97 Å². The number of carbonyl (C=O) groups excluding carboxylic acids is 1. The largest absolute Gasteiger partial charge is 0.426 e. The van der Waals surface area contributed by atoms with E-state index in [9.17, 15) is 9.59 Å². The second kappa shape index (κ2) is 5.68. The number of hydrogen-bond donors (Lipinski definition) is 1. The van der Waals surface area contributed by atoms with Gasteiger partial charge in [-0.05, 0) is 43.2 Å². The van der Waals surface area contributed by atoms with Crippen molar-refractivity contribution >= 4 is 16.7 Å². The normalized spacial score (nSPS) is 10.7. The molecule has 2 aromatic carbocycles. The molecule has 5 heteroatoms. The van der Waals surface area contributed by atoms with Gasteiger partial charge in [-0.15, -0.1) is 0 Å². The van der Waals surface area contributed by atoms with Crippen molar-refractivity contribution in [1.29, 1.82) is 0 Å². The average Bonchev–Trinajstić information content (AvgIpc) is 2.51. The van der Waals surface area contributed by atoms with Gasteiger partial charge in [-0.2, -0.15) is 5.10 Å².